The zero-order valence-electron chi connectivity index (χ0n) is 10.4. The van der Waals surface area contributed by atoms with Crippen molar-refractivity contribution in [2.45, 2.75) is 6.18 Å². The second kappa shape index (κ2) is 6.71. The van der Waals surface area contributed by atoms with Gasteiger partial charge in [0.2, 0.25) is 11.8 Å². The summed E-state index contributed by atoms with van der Waals surface area (Å²) in [6, 6.07) is 0. The number of piperazine rings is 1. The van der Waals surface area contributed by atoms with Crippen LogP contribution in [0.3, 0.4) is 0 Å². The third kappa shape index (κ3) is 5.88. The number of nitrogens with zero attached hydrogens (tertiary/aromatic N) is 2. The fourth-order valence-corrected chi connectivity index (χ4v) is 1.77. The van der Waals surface area contributed by atoms with E-state index in [2.05, 4.69) is 5.32 Å². The third-order valence-corrected chi connectivity index (χ3v) is 2.75. The first-order valence-corrected chi connectivity index (χ1v) is 5.85. The molecule has 0 unspecified atom stereocenters. The summed E-state index contributed by atoms with van der Waals surface area (Å²) in [7, 11) is 0. The molecule has 1 aliphatic rings. The number of hydrogen-bond acceptors (Lipinski definition) is 4. The first-order chi connectivity index (χ1) is 8.81. The number of carbonyl (C=O) groups excluding carboxylic acids is 2. The highest BCUT2D eigenvalue weighted by atomic mass is 19.4. The fourth-order valence-electron chi connectivity index (χ4n) is 1.77. The van der Waals surface area contributed by atoms with Crippen LogP contribution in [0, 0.1) is 0 Å². The number of nitrogens with two attached hydrogens (primary N) is 1. The minimum absolute atomic E-state index is 0.171. The molecule has 9 heteroatoms. The van der Waals surface area contributed by atoms with E-state index in [0.29, 0.717) is 0 Å². The van der Waals surface area contributed by atoms with Gasteiger partial charge in [-0.3, -0.25) is 14.5 Å². The maximum atomic E-state index is 12.2. The maximum absolute atomic E-state index is 12.2. The van der Waals surface area contributed by atoms with Crippen molar-refractivity contribution in [3.63, 3.8) is 0 Å². The van der Waals surface area contributed by atoms with Crippen molar-refractivity contribution in [2.24, 2.45) is 5.73 Å². The summed E-state index contributed by atoms with van der Waals surface area (Å²) in [5.41, 5.74) is 5.06. The maximum Gasteiger partial charge on any atom is 0.401 e. The van der Waals surface area contributed by atoms with Gasteiger partial charge in [0.25, 0.3) is 0 Å². The molecule has 19 heavy (non-hydrogen) atoms. The lowest BCUT2D eigenvalue weighted by Crippen LogP contribution is -2.53. The standard InChI is InChI=1S/C10H17F3N4O2/c11-10(12,13)7-16-1-3-17(4-2-16)9(19)6-15-8(18)5-14/h1-7,14H2,(H,15,18). The molecule has 3 N–H and O–H groups in total. The van der Waals surface area contributed by atoms with Crippen molar-refractivity contribution in [3.8, 4) is 0 Å². The summed E-state index contributed by atoms with van der Waals surface area (Å²) in [6.07, 6.45) is -4.22. The number of alkyl halides is 3. The highest BCUT2D eigenvalue weighted by molar-refractivity contribution is 5.85. The van der Waals surface area contributed by atoms with E-state index >= 15 is 0 Å². The summed E-state index contributed by atoms with van der Waals surface area (Å²) in [4.78, 5) is 25.2. The Balaban J connectivity index is 2.29. The van der Waals surface area contributed by atoms with Crippen LogP contribution >= 0.6 is 0 Å². The SMILES string of the molecule is NCC(=O)NCC(=O)N1CCN(CC(F)(F)F)CC1. The Morgan fingerprint density at radius 1 is 1.16 bits per heavy atom. The molecule has 1 heterocycles. The van der Waals surface area contributed by atoms with Gasteiger partial charge in [-0.2, -0.15) is 13.2 Å². The number of amides is 2. The predicted molar refractivity (Wildman–Crippen MR) is 61.1 cm³/mol. The second-order valence-corrected chi connectivity index (χ2v) is 4.25. The van der Waals surface area contributed by atoms with E-state index in [1.54, 1.807) is 0 Å². The molecule has 0 spiro atoms. The van der Waals surface area contributed by atoms with Gasteiger partial charge in [-0.15, -0.1) is 0 Å². The number of hydrogen-bond donors (Lipinski definition) is 2. The minimum Gasteiger partial charge on any atom is -0.346 e. The molecule has 1 fully saturated rings. The first-order valence-electron chi connectivity index (χ1n) is 5.85. The number of nitrogens with one attached hydrogen (secondary N) is 1. The van der Waals surface area contributed by atoms with Crippen LogP contribution < -0.4 is 11.1 Å². The second-order valence-electron chi connectivity index (χ2n) is 4.25. The lowest BCUT2D eigenvalue weighted by molar-refractivity contribution is -0.151. The molecule has 0 radical (unpaired) electrons. The van der Waals surface area contributed by atoms with Gasteiger partial charge in [-0.25, -0.2) is 0 Å². The summed E-state index contributed by atoms with van der Waals surface area (Å²) < 4.78 is 36.5. The van der Waals surface area contributed by atoms with Crippen LogP contribution in [0.4, 0.5) is 13.2 Å². The highest BCUT2D eigenvalue weighted by Crippen LogP contribution is 2.17. The summed E-state index contributed by atoms with van der Waals surface area (Å²) in [6.45, 7) is -0.520. The van der Waals surface area contributed by atoms with Gasteiger partial charge < -0.3 is 16.0 Å². The Kier molecular flexibility index (Phi) is 5.55. The molecule has 2 amide bonds. The molecule has 0 aromatic carbocycles. The summed E-state index contributed by atoms with van der Waals surface area (Å²) >= 11 is 0. The van der Waals surface area contributed by atoms with E-state index in [9.17, 15) is 22.8 Å². The molecule has 1 aliphatic heterocycles. The number of rotatable bonds is 4. The van der Waals surface area contributed by atoms with Crippen molar-refractivity contribution in [1.82, 2.24) is 15.1 Å². The quantitative estimate of drug-likeness (QED) is 0.676. The summed E-state index contributed by atoms with van der Waals surface area (Å²) in [5, 5.41) is 2.33. The van der Waals surface area contributed by atoms with Gasteiger partial charge >= 0.3 is 6.18 Å². The van der Waals surface area contributed by atoms with Crippen molar-refractivity contribution in [1.29, 1.82) is 0 Å². The lowest BCUT2D eigenvalue weighted by Gasteiger charge is -2.35. The number of carbonyl (C=O) groups is 2. The Bertz CT molecular complexity index is 327. The average Bonchev–Trinajstić information content (AvgIpc) is 2.34. The zero-order chi connectivity index (χ0) is 14.5. The average molecular weight is 282 g/mol. The molecule has 0 saturated carbocycles. The monoisotopic (exact) mass is 282 g/mol. The van der Waals surface area contributed by atoms with Gasteiger partial charge in [-0.1, -0.05) is 0 Å². The smallest absolute Gasteiger partial charge is 0.346 e. The van der Waals surface area contributed by atoms with Gasteiger partial charge in [-0.05, 0) is 0 Å². The van der Waals surface area contributed by atoms with Crippen LogP contribution in [-0.4, -0.2) is 73.6 Å². The normalized spacial score (nSPS) is 17.4. The van der Waals surface area contributed by atoms with E-state index < -0.39 is 18.6 Å². The Morgan fingerprint density at radius 2 is 1.74 bits per heavy atom. The van der Waals surface area contributed by atoms with Crippen molar-refractivity contribution in [2.75, 3.05) is 45.8 Å². The van der Waals surface area contributed by atoms with Crippen LogP contribution in [0.1, 0.15) is 0 Å². The van der Waals surface area contributed by atoms with Crippen LogP contribution in [0.25, 0.3) is 0 Å². The van der Waals surface area contributed by atoms with Gasteiger partial charge in [0.05, 0.1) is 19.6 Å². The van der Waals surface area contributed by atoms with E-state index in [1.807, 2.05) is 0 Å². The highest BCUT2D eigenvalue weighted by Gasteiger charge is 2.32. The van der Waals surface area contributed by atoms with Crippen LogP contribution in [0.2, 0.25) is 0 Å². The van der Waals surface area contributed by atoms with Crippen LogP contribution in [0.5, 0.6) is 0 Å². The fraction of sp³-hybridized carbons (Fsp3) is 0.800. The van der Waals surface area contributed by atoms with Crippen molar-refractivity contribution < 1.29 is 22.8 Å². The van der Waals surface area contributed by atoms with Crippen molar-refractivity contribution >= 4 is 11.8 Å². The zero-order valence-corrected chi connectivity index (χ0v) is 10.4. The molecule has 0 atom stereocenters. The third-order valence-electron chi connectivity index (χ3n) is 2.75. The molecule has 0 aliphatic carbocycles. The van der Waals surface area contributed by atoms with Gasteiger partial charge in [0.15, 0.2) is 0 Å². The predicted octanol–water partition coefficient (Wildman–Crippen LogP) is -1.23. The molecular weight excluding hydrogens is 265 g/mol. The van der Waals surface area contributed by atoms with Gasteiger partial charge in [0, 0.05) is 26.2 Å². The van der Waals surface area contributed by atoms with Crippen LogP contribution in [-0.2, 0) is 9.59 Å². The lowest BCUT2D eigenvalue weighted by atomic mass is 10.3. The summed E-state index contributed by atoms with van der Waals surface area (Å²) in [5.74, 6) is -0.752. The van der Waals surface area contributed by atoms with Gasteiger partial charge in [0.1, 0.15) is 0 Å². The van der Waals surface area contributed by atoms with E-state index in [-0.39, 0.29) is 45.2 Å². The molecule has 1 saturated heterocycles. The molecule has 110 valence electrons. The largest absolute Gasteiger partial charge is 0.401 e. The van der Waals surface area contributed by atoms with E-state index in [1.165, 1.54) is 9.80 Å². The topological polar surface area (TPSA) is 78.7 Å². The molecule has 6 nitrogen and oxygen atoms in total. The number of halogens is 3. The van der Waals surface area contributed by atoms with Crippen molar-refractivity contribution in [3.05, 3.63) is 0 Å². The molecule has 0 aromatic heterocycles. The molecule has 0 bridgehead atoms. The van der Waals surface area contributed by atoms with Crippen LogP contribution in [0.15, 0.2) is 0 Å². The molecular formula is C10H17F3N4O2. The first kappa shape index (κ1) is 15.7. The van der Waals surface area contributed by atoms with E-state index in [4.69, 9.17) is 5.73 Å². The molecule has 1 rings (SSSR count). The Morgan fingerprint density at radius 3 is 2.21 bits per heavy atom. The Hall–Kier alpha value is -1.35. The minimum atomic E-state index is -4.22. The van der Waals surface area contributed by atoms with E-state index in [0.717, 1.165) is 0 Å². The molecule has 0 aromatic rings. The Labute approximate surface area is 108 Å².